The minimum atomic E-state index is -0.771. The van der Waals surface area contributed by atoms with Gasteiger partial charge in [-0.15, -0.1) is 0 Å². The normalized spacial score (nSPS) is 10.5. The molecule has 0 radical (unpaired) electrons. The third kappa shape index (κ3) is 4.08. The number of nitrogens with two attached hydrogens (primary N) is 2. The molecule has 3 rings (SSSR count). The van der Waals surface area contributed by atoms with Crippen LogP contribution in [-0.4, -0.2) is 30.6 Å². The van der Waals surface area contributed by atoms with Gasteiger partial charge in [0, 0.05) is 7.05 Å². The highest BCUT2D eigenvalue weighted by Crippen LogP contribution is 2.18. The highest BCUT2D eigenvalue weighted by Gasteiger charge is 2.22. The van der Waals surface area contributed by atoms with Crippen LogP contribution in [0.5, 0.6) is 0 Å². The molecule has 0 saturated heterocycles. The van der Waals surface area contributed by atoms with Crippen LogP contribution in [0.2, 0.25) is 0 Å². The first kappa shape index (κ1) is 20.8. The molecular formula is C19H17N7O3S. The molecule has 11 heteroatoms. The van der Waals surface area contributed by atoms with Gasteiger partial charge in [0.2, 0.25) is 0 Å². The number of aromatic nitrogens is 4. The summed E-state index contributed by atoms with van der Waals surface area (Å²) in [5.74, 6) is -0.979. The van der Waals surface area contributed by atoms with Crippen molar-refractivity contribution in [2.45, 2.75) is 11.7 Å². The molecule has 0 aliphatic carbocycles. The molecule has 2 aromatic heterocycles. The van der Waals surface area contributed by atoms with E-state index in [0.29, 0.717) is 0 Å². The number of anilines is 2. The lowest BCUT2D eigenvalue weighted by Gasteiger charge is -2.14. The molecule has 0 bridgehead atoms. The van der Waals surface area contributed by atoms with E-state index in [4.69, 9.17) is 16.7 Å². The van der Waals surface area contributed by atoms with E-state index in [9.17, 15) is 14.4 Å². The number of nitrogen functional groups attached to an aromatic ring is 2. The Kier molecular flexibility index (Phi) is 5.98. The molecule has 0 aliphatic heterocycles. The third-order valence-electron chi connectivity index (χ3n) is 4.29. The molecule has 30 heavy (non-hydrogen) atoms. The number of rotatable bonds is 6. The number of hydrogen-bond acceptors (Lipinski definition) is 9. The molecule has 2 heterocycles. The Morgan fingerprint density at radius 2 is 1.93 bits per heavy atom. The van der Waals surface area contributed by atoms with Gasteiger partial charge in [-0.1, -0.05) is 42.1 Å². The maximum atomic E-state index is 12.8. The van der Waals surface area contributed by atoms with Crippen LogP contribution in [0.25, 0.3) is 0 Å². The number of carbonyl (C=O) groups is 1. The quantitative estimate of drug-likeness (QED) is 0.324. The molecule has 0 atom stereocenters. The summed E-state index contributed by atoms with van der Waals surface area (Å²) >= 11 is 0.942. The van der Waals surface area contributed by atoms with Crippen molar-refractivity contribution in [2.75, 3.05) is 17.2 Å². The van der Waals surface area contributed by atoms with Crippen molar-refractivity contribution in [1.82, 2.24) is 19.1 Å². The topological polar surface area (TPSA) is 163 Å². The van der Waals surface area contributed by atoms with Crippen LogP contribution in [0.1, 0.15) is 21.5 Å². The van der Waals surface area contributed by atoms with E-state index in [2.05, 4.69) is 9.97 Å². The van der Waals surface area contributed by atoms with Gasteiger partial charge in [-0.05, 0) is 5.56 Å². The molecule has 0 spiro atoms. The third-order valence-corrected chi connectivity index (χ3v) is 5.16. The van der Waals surface area contributed by atoms with Gasteiger partial charge in [-0.25, -0.2) is 14.8 Å². The molecule has 0 aliphatic rings. The fourth-order valence-corrected chi connectivity index (χ4v) is 3.39. The summed E-state index contributed by atoms with van der Waals surface area (Å²) in [7, 11) is 1.29. The minimum absolute atomic E-state index is 0.00529. The van der Waals surface area contributed by atoms with E-state index in [1.165, 1.54) is 17.8 Å². The van der Waals surface area contributed by atoms with E-state index in [0.717, 1.165) is 21.9 Å². The van der Waals surface area contributed by atoms with Gasteiger partial charge < -0.3 is 11.5 Å². The van der Waals surface area contributed by atoms with Gasteiger partial charge in [-0.2, -0.15) is 5.26 Å². The lowest BCUT2D eigenvalue weighted by Crippen LogP contribution is -2.43. The molecule has 0 saturated carbocycles. The largest absolute Gasteiger partial charge is 0.384 e. The first-order chi connectivity index (χ1) is 14.3. The summed E-state index contributed by atoms with van der Waals surface area (Å²) in [6, 6.07) is 10.9. The minimum Gasteiger partial charge on any atom is -0.384 e. The first-order valence-corrected chi connectivity index (χ1v) is 9.64. The van der Waals surface area contributed by atoms with Crippen molar-refractivity contribution < 1.29 is 4.79 Å². The van der Waals surface area contributed by atoms with Gasteiger partial charge in [-0.3, -0.25) is 18.7 Å². The lowest BCUT2D eigenvalue weighted by atomic mass is 10.2. The van der Waals surface area contributed by atoms with E-state index in [-0.39, 0.29) is 40.2 Å². The summed E-state index contributed by atoms with van der Waals surface area (Å²) in [4.78, 5) is 45.8. The van der Waals surface area contributed by atoms with Crippen LogP contribution in [0, 0.1) is 11.3 Å². The second-order valence-electron chi connectivity index (χ2n) is 6.25. The average Bonchev–Trinajstić information content (AvgIpc) is 2.75. The van der Waals surface area contributed by atoms with Crippen LogP contribution in [0.15, 0.2) is 51.3 Å². The maximum Gasteiger partial charge on any atom is 0.332 e. The molecular weight excluding hydrogens is 406 g/mol. The zero-order chi connectivity index (χ0) is 21.8. The molecule has 152 valence electrons. The van der Waals surface area contributed by atoms with Crippen LogP contribution < -0.4 is 22.7 Å². The fourth-order valence-electron chi connectivity index (χ4n) is 2.70. The number of thioether (sulfide) groups is 1. The smallest absolute Gasteiger partial charge is 0.332 e. The van der Waals surface area contributed by atoms with E-state index < -0.39 is 17.0 Å². The molecule has 3 aromatic rings. The first-order valence-electron chi connectivity index (χ1n) is 8.65. The monoisotopic (exact) mass is 423 g/mol. The molecule has 0 fully saturated rings. The number of hydrogen-bond donors (Lipinski definition) is 2. The summed E-state index contributed by atoms with van der Waals surface area (Å²) < 4.78 is 2.04. The standard InChI is InChI=1S/C19H17N7O3S/c1-25-17(28)14(13(27)10-30-18-23-8-12(7-20)15(21)24-18)16(22)26(19(25)29)9-11-5-3-2-4-6-11/h2-6,8H,9-10,22H2,1H3,(H2,21,23,24). The number of nitrogens with zero attached hydrogens (tertiary/aromatic N) is 5. The van der Waals surface area contributed by atoms with Crippen molar-refractivity contribution in [2.24, 2.45) is 7.05 Å². The Morgan fingerprint density at radius 1 is 1.23 bits per heavy atom. The van der Waals surface area contributed by atoms with E-state index in [1.807, 2.05) is 24.3 Å². The number of ketones is 1. The van der Waals surface area contributed by atoms with Crippen molar-refractivity contribution >= 4 is 29.2 Å². The van der Waals surface area contributed by atoms with Crippen molar-refractivity contribution in [3.63, 3.8) is 0 Å². The Morgan fingerprint density at radius 3 is 2.57 bits per heavy atom. The lowest BCUT2D eigenvalue weighted by molar-refractivity contribution is 0.102. The number of Topliss-reactive ketones (excluding diaryl/α,β-unsaturated/α-hetero) is 1. The molecule has 4 N–H and O–H groups in total. The highest BCUT2D eigenvalue weighted by atomic mass is 32.2. The molecule has 0 amide bonds. The summed E-state index contributed by atoms with van der Waals surface area (Å²) in [5, 5.41) is 9.04. The summed E-state index contributed by atoms with van der Waals surface area (Å²) in [6.45, 7) is 0.113. The number of nitriles is 1. The maximum absolute atomic E-state index is 12.8. The van der Waals surface area contributed by atoms with Crippen LogP contribution in [-0.2, 0) is 13.6 Å². The van der Waals surface area contributed by atoms with Gasteiger partial charge in [0.05, 0.1) is 18.5 Å². The van der Waals surface area contributed by atoms with Gasteiger partial charge in [0.1, 0.15) is 28.8 Å². The van der Waals surface area contributed by atoms with E-state index >= 15 is 0 Å². The number of benzene rings is 1. The van der Waals surface area contributed by atoms with Crippen LogP contribution >= 0.6 is 11.8 Å². The Balaban J connectivity index is 1.92. The Hall–Kier alpha value is -3.91. The Labute approximate surface area is 174 Å². The SMILES string of the molecule is Cn1c(=O)c(C(=O)CSc2ncc(C#N)c(N)n2)c(N)n(Cc2ccccc2)c1=O. The average molecular weight is 423 g/mol. The van der Waals surface area contributed by atoms with Crippen LogP contribution in [0.4, 0.5) is 11.6 Å². The predicted molar refractivity (Wildman–Crippen MR) is 112 cm³/mol. The zero-order valence-electron chi connectivity index (χ0n) is 15.9. The van der Waals surface area contributed by atoms with Gasteiger partial charge >= 0.3 is 5.69 Å². The summed E-state index contributed by atoms with van der Waals surface area (Å²) in [6.07, 6.45) is 1.25. The molecule has 0 unspecified atom stereocenters. The van der Waals surface area contributed by atoms with Crippen molar-refractivity contribution in [1.29, 1.82) is 5.26 Å². The van der Waals surface area contributed by atoms with Crippen LogP contribution in [0.3, 0.4) is 0 Å². The second-order valence-corrected chi connectivity index (χ2v) is 7.20. The predicted octanol–water partition coefficient (Wildman–Crippen LogP) is 0.396. The van der Waals surface area contributed by atoms with Gasteiger partial charge in [0.25, 0.3) is 5.56 Å². The second kappa shape index (κ2) is 8.62. The fraction of sp³-hybridized carbons (Fsp3) is 0.158. The molecule has 10 nitrogen and oxygen atoms in total. The van der Waals surface area contributed by atoms with Crippen molar-refractivity contribution in [3.05, 3.63) is 74.1 Å². The van der Waals surface area contributed by atoms with Gasteiger partial charge in [0.15, 0.2) is 10.9 Å². The summed E-state index contributed by atoms with van der Waals surface area (Å²) in [5.41, 5.74) is 11.0. The Bertz CT molecular complexity index is 1280. The number of carbonyl (C=O) groups excluding carboxylic acids is 1. The zero-order valence-corrected chi connectivity index (χ0v) is 16.7. The van der Waals surface area contributed by atoms with Crippen molar-refractivity contribution in [3.8, 4) is 6.07 Å². The van der Waals surface area contributed by atoms with E-state index in [1.54, 1.807) is 12.1 Å². The molecule has 1 aromatic carbocycles. The highest BCUT2D eigenvalue weighted by molar-refractivity contribution is 7.99.